The summed E-state index contributed by atoms with van der Waals surface area (Å²) in [6.07, 6.45) is -0.588. The van der Waals surface area contributed by atoms with E-state index in [0.29, 0.717) is 5.75 Å². The first-order valence-corrected chi connectivity index (χ1v) is 9.90. The van der Waals surface area contributed by atoms with Crippen molar-refractivity contribution in [2.75, 3.05) is 5.32 Å². The van der Waals surface area contributed by atoms with Crippen LogP contribution in [0.3, 0.4) is 0 Å². The predicted molar refractivity (Wildman–Crippen MR) is 115 cm³/mol. The molecular formula is C23H20N2O2S. The molecule has 0 radical (unpaired) electrons. The van der Waals surface area contributed by atoms with E-state index in [0.717, 1.165) is 21.8 Å². The van der Waals surface area contributed by atoms with Crippen molar-refractivity contribution in [1.29, 1.82) is 0 Å². The molecule has 0 saturated heterocycles. The van der Waals surface area contributed by atoms with Gasteiger partial charge in [0.25, 0.3) is 5.91 Å². The van der Waals surface area contributed by atoms with Gasteiger partial charge in [0.05, 0.1) is 10.2 Å². The summed E-state index contributed by atoms with van der Waals surface area (Å²) in [5.74, 6) is 0.485. The summed E-state index contributed by atoms with van der Waals surface area (Å²) in [5, 5.41) is 3.87. The smallest absolute Gasteiger partial charge is 0.265 e. The quantitative estimate of drug-likeness (QED) is 0.479. The Morgan fingerprint density at radius 3 is 2.54 bits per heavy atom. The zero-order valence-electron chi connectivity index (χ0n) is 15.7. The van der Waals surface area contributed by atoms with Gasteiger partial charge in [-0.1, -0.05) is 24.3 Å². The summed E-state index contributed by atoms with van der Waals surface area (Å²) in [7, 11) is 0. The van der Waals surface area contributed by atoms with E-state index in [1.54, 1.807) is 18.3 Å². The fraction of sp³-hybridized carbons (Fsp3) is 0.130. The Labute approximate surface area is 167 Å². The number of thiazole rings is 1. The molecule has 5 heteroatoms. The molecule has 140 valence electrons. The Kier molecular flexibility index (Phi) is 5.08. The maximum atomic E-state index is 12.4. The second kappa shape index (κ2) is 7.82. The molecule has 0 aliphatic heterocycles. The van der Waals surface area contributed by atoms with E-state index >= 15 is 0 Å². The van der Waals surface area contributed by atoms with Crippen LogP contribution in [0, 0.1) is 6.92 Å². The number of benzene rings is 3. The first kappa shape index (κ1) is 18.2. The second-order valence-corrected chi connectivity index (χ2v) is 7.66. The molecule has 0 unspecified atom stereocenters. The van der Waals surface area contributed by atoms with Crippen LogP contribution in [0.2, 0.25) is 0 Å². The second-order valence-electron chi connectivity index (χ2n) is 6.63. The van der Waals surface area contributed by atoms with Crippen LogP contribution >= 0.6 is 11.3 Å². The maximum absolute atomic E-state index is 12.4. The van der Waals surface area contributed by atoms with Gasteiger partial charge >= 0.3 is 0 Å². The number of nitrogens with one attached hydrogen (secondary N) is 1. The van der Waals surface area contributed by atoms with Crippen LogP contribution in [0.4, 0.5) is 5.69 Å². The van der Waals surface area contributed by atoms with Crippen LogP contribution in [0.25, 0.3) is 20.8 Å². The molecule has 0 bridgehead atoms. The molecule has 1 heterocycles. The first-order valence-electron chi connectivity index (χ1n) is 9.09. The number of aryl methyl sites for hydroxylation is 1. The summed E-state index contributed by atoms with van der Waals surface area (Å²) < 4.78 is 6.84. The van der Waals surface area contributed by atoms with E-state index in [4.69, 9.17) is 9.72 Å². The molecule has 0 aliphatic rings. The van der Waals surface area contributed by atoms with Crippen molar-refractivity contribution in [3.8, 4) is 16.3 Å². The summed E-state index contributed by atoms with van der Waals surface area (Å²) in [4.78, 5) is 17.1. The molecule has 28 heavy (non-hydrogen) atoms. The maximum Gasteiger partial charge on any atom is 0.265 e. The molecule has 1 atom stereocenters. The number of aromatic nitrogens is 1. The normalized spacial score (nSPS) is 11.9. The fourth-order valence-electron chi connectivity index (χ4n) is 2.85. The van der Waals surface area contributed by atoms with E-state index in [2.05, 4.69) is 24.4 Å². The predicted octanol–water partition coefficient (Wildman–Crippen LogP) is 5.68. The highest BCUT2D eigenvalue weighted by molar-refractivity contribution is 7.21. The lowest BCUT2D eigenvalue weighted by atomic mass is 10.2. The lowest BCUT2D eigenvalue weighted by Gasteiger charge is -2.14. The Morgan fingerprint density at radius 2 is 1.79 bits per heavy atom. The number of nitrogens with zero attached hydrogens (tertiary/aromatic N) is 1. The number of carbonyl (C=O) groups excluding carboxylic acids is 1. The topological polar surface area (TPSA) is 51.2 Å². The minimum Gasteiger partial charge on any atom is -0.481 e. The minimum absolute atomic E-state index is 0.188. The van der Waals surface area contributed by atoms with Crippen molar-refractivity contribution < 1.29 is 9.53 Å². The third kappa shape index (κ3) is 4.05. The third-order valence-electron chi connectivity index (χ3n) is 4.37. The number of fused-ring (bicyclic) bond motifs is 1. The Bertz CT molecular complexity index is 1100. The third-order valence-corrected chi connectivity index (χ3v) is 5.44. The minimum atomic E-state index is -0.588. The number of hydrogen-bond acceptors (Lipinski definition) is 4. The van der Waals surface area contributed by atoms with E-state index in [-0.39, 0.29) is 5.91 Å². The van der Waals surface area contributed by atoms with Gasteiger partial charge in [-0.25, -0.2) is 4.98 Å². The lowest BCUT2D eigenvalue weighted by Crippen LogP contribution is -2.30. The molecule has 1 N–H and O–H groups in total. The highest BCUT2D eigenvalue weighted by Crippen LogP contribution is 2.31. The van der Waals surface area contributed by atoms with Crippen molar-refractivity contribution in [2.45, 2.75) is 20.0 Å². The molecule has 0 spiro atoms. The van der Waals surface area contributed by atoms with Gasteiger partial charge in [0.2, 0.25) is 0 Å². The largest absolute Gasteiger partial charge is 0.481 e. The van der Waals surface area contributed by atoms with Gasteiger partial charge in [0.1, 0.15) is 10.8 Å². The molecule has 0 fully saturated rings. The zero-order valence-corrected chi connectivity index (χ0v) is 16.5. The average Bonchev–Trinajstić information content (AvgIpc) is 3.12. The Balaban J connectivity index is 1.44. The SMILES string of the molecule is Cc1ccc2nc(-c3ccc(NC(=O)[C@H](C)Oc4ccccc4)cc3)sc2c1. The molecule has 4 nitrogen and oxygen atoms in total. The monoisotopic (exact) mass is 388 g/mol. The van der Waals surface area contributed by atoms with Gasteiger partial charge in [-0.15, -0.1) is 11.3 Å². The molecular weight excluding hydrogens is 368 g/mol. The number of rotatable bonds is 5. The van der Waals surface area contributed by atoms with Gasteiger partial charge in [-0.2, -0.15) is 0 Å². The van der Waals surface area contributed by atoms with Gasteiger partial charge in [-0.3, -0.25) is 4.79 Å². The van der Waals surface area contributed by atoms with E-state index in [1.165, 1.54) is 10.3 Å². The summed E-state index contributed by atoms with van der Waals surface area (Å²) in [6, 6.07) is 23.3. The lowest BCUT2D eigenvalue weighted by molar-refractivity contribution is -0.122. The van der Waals surface area contributed by atoms with Crippen LogP contribution < -0.4 is 10.1 Å². The summed E-state index contributed by atoms with van der Waals surface area (Å²) in [5.41, 5.74) is 4.00. The highest BCUT2D eigenvalue weighted by Gasteiger charge is 2.15. The van der Waals surface area contributed by atoms with Crippen molar-refractivity contribution in [3.63, 3.8) is 0 Å². The Hall–Kier alpha value is -3.18. The standard InChI is InChI=1S/C23H20N2O2S/c1-15-8-13-20-21(14-15)28-23(25-20)17-9-11-18(12-10-17)24-22(26)16(2)27-19-6-4-3-5-7-19/h3-14,16H,1-2H3,(H,24,26)/t16-/m0/s1. The number of hydrogen-bond donors (Lipinski definition) is 1. The van der Waals surface area contributed by atoms with Gasteiger partial charge < -0.3 is 10.1 Å². The zero-order chi connectivity index (χ0) is 19.5. The van der Waals surface area contributed by atoms with Crippen LogP contribution in [0.1, 0.15) is 12.5 Å². The van der Waals surface area contributed by atoms with Gasteiger partial charge in [-0.05, 0) is 67.9 Å². The van der Waals surface area contributed by atoms with E-state index in [1.807, 2.05) is 60.7 Å². The fourth-order valence-corrected chi connectivity index (χ4v) is 3.92. The number of para-hydroxylation sites is 1. The number of amides is 1. The van der Waals surface area contributed by atoms with E-state index < -0.39 is 6.10 Å². The van der Waals surface area contributed by atoms with Gasteiger partial charge in [0, 0.05) is 11.3 Å². The molecule has 0 saturated carbocycles. The molecule has 0 aliphatic carbocycles. The van der Waals surface area contributed by atoms with Crippen LogP contribution in [-0.4, -0.2) is 17.0 Å². The van der Waals surface area contributed by atoms with Crippen LogP contribution in [0.15, 0.2) is 72.8 Å². The molecule has 1 amide bonds. The van der Waals surface area contributed by atoms with Gasteiger partial charge in [0.15, 0.2) is 6.10 Å². The van der Waals surface area contributed by atoms with Crippen LogP contribution in [-0.2, 0) is 4.79 Å². The Morgan fingerprint density at radius 1 is 1.04 bits per heavy atom. The highest BCUT2D eigenvalue weighted by atomic mass is 32.1. The van der Waals surface area contributed by atoms with E-state index in [9.17, 15) is 4.79 Å². The first-order chi connectivity index (χ1) is 13.6. The number of carbonyl (C=O) groups is 1. The molecule has 3 aromatic carbocycles. The molecule has 4 aromatic rings. The number of anilines is 1. The van der Waals surface area contributed by atoms with Crippen LogP contribution in [0.5, 0.6) is 5.75 Å². The van der Waals surface area contributed by atoms with Crippen molar-refractivity contribution in [3.05, 3.63) is 78.4 Å². The van der Waals surface area contributed by atoms with Crippen molar-refractivity contribution in [1.82, 2.24) is 4.98 Å². The average molecular weight is 388 g/mol. The summed E-state index contributed by atoms with van der Waals surface area (Å²) >= 11 is 1.67. The van der Waals surface area contributed by atoms with Crippen molar-refractivity contribution in [2.24, 2.45) is 0 Å². The van der Waals surface area contributed by atoms with Crippen molar-refractivity contribution >= 4 is 33.1 Å². The number of ether oxygens (including phenoxy) is 1. The molecule has 1 aromatic heterocycles. The summed E-state index contributed by atoms with van der Waals surface area (Å²) in [6.45, 7) is 3.82. The molecule has 4 rings (SSSR count).